The van der Waals surface area contributed by atoms with Crippen molar-refractivity contribution in [1.29, 1.82) is 0 Å². The van der Waals surface area contributed by atoms with E-state index in [4.69, 9.17) is 21.8 Å². The molecule has 0 atom stereocenters. The molecular formula is C10H8ClN3O. The predicted octanol–water partition coefficient (Wildman–Crippen LogP) is 2.56. The van der Waals surface area contributed by atoms with Gasteiger partial charge in [-0.15, -0.1) is 0 Å². The number of hydrogen-bond acceptors (Lipinski definition) is 3. The van der Waals surface area contributed by atoms with E-state index in [1.807, 2.05) is 12.1 Å². The van der Waals surface area contributed by atoms with E-state index in [0.717, 1.165) is 16.5 Å². The van der Waals surface area contributed by atoms with Crippen LogP contribution in [0.5, 0.6) is 0 Å². The van der Waals surface area contributed by atoms with Gasteiger partial charge in [0.25, 0.3) is 0 Å². The van der Waals surface area contributed by atoms with Crippen molar-refractivity contribution in [3.05, 3.63) is 23.2 Å². The van der Waals surface area contributed by atoms with E-state index in [-0.39, 0.29) is 0 Å². The fourth-order valence-corrected chi connectivity index (χ4v) is 1.85. The van der Waals surface area contributed by atoms with E-state index in [2.05, 4.69) is 5.10 Å². The highest BCUT2D eigenvalue weighted by Crippen LogP contribution is 2.32. The number of fused-ring (bicyclic) bond motifs is 3. The molecule has 0 spiro atoms. The third-order valence-electron chi connectivity index (χ3n) is 2.46. The monoisotopic (exact) mass is 221 g/mol. The van der Waals surface area contributed by atoms with Crippen LogP contribution in [0.25, 0.3) is 22.1 Å². The summed E-state index contributed by atoms with van der Waals surface area (Å²) < 4.78 is 7.18. The second kappa shape index (κ2) is 2.67. The summed E-state index contributed by atoms with van der Waals surface area (Å²) in [6.45, 7) is 0. The van der Waals surface area contributed by atoms with E-state index in [1.165, 1.54) is 0 Å². The molecule has 15 heavy (non-hydrogen) atoms. The average molecular weight is 222 g/mol. The van der Waals surface area contributed by atoms with Gasteiger partial charge in [0.15, 0.2) is 11.4 Å². The number of anilines is 1. The fraction of sp³-hybridized carbons (Fsp3) is 0.100. The lowest BCUT2D eigenvalue weighted by Gasteiger charge is -1.92. The normalized spacial score (nSPS) is 11.6. The van der Waals surface area contributed by atoms with Gasteiger partial charge in [0.2, 0.25) is 0 Å². The van der Waals surface area contributed by atoms with Crippen molar-refractivity contribution in [2.45, 2.75) is 0 Å². The molecular weight excluding hydrogens is 214 g/mol. The lowest BCUT2D eigenvalue weighted by molar-refractivity contribution is 0.667. The van der Waals surface area contributed by atoms with E-state index in [9.17, 15) is 0 Å². The quantitative estimate of drug-likeness (QED) is 0.635. The molecule has 76 valence electrons. The van der Waals surface area contributed by atoms with Crippen LogP contribution in [-0.4, -0.2) is 9.78 Å². The molecule has 0 unspecified atom stereocenters. The lowest BCUT2D eigenvalue weighted by atomic mass is 10.2. The highest BCUT2D eigenvalue weighted by Gasteiger charge is 2.14. The molecule has 3 rings (SSSR count). The van der Waals surface area contributed by atoms with Crippen LogP contribution >= 0.6 is 11.6 Å². The Kier molecular flexibility index (Phi) is 1.53. The van der Waals surface area contributed by atoms with Gasteiger partial charge in [-0.25, -0.2) is 4.68 Å². The number of nitrogens with zero attached hydrogens (tertiary/aromatic N) is 2. The first kappa shape index (κ1) is 8.61. The number of halogens is 1. The van der Waals surface area contributed by atoms with Crippen molar-refractivity contribution in [2.75, 3.05) is 5.73 Å². The predicted molar refractivity (Wildman–Crippen MR) is 59.9 cm³/mol. The Hall–Kier alpha value is -1.68. The van der Waals surface area contributed by atoms with Gasteiger partial charge in [-0.05, 0) is 18.2 Å². The number of rotatable bonds is 0. The molecule has 0 bridgehead atoms. The van der Waals surface area contributed by atoms with Crippen molar-refractivity contribution in [3.63, 3.8) is 0 Å². The number of nitrogen functional groups attached to an aromatic ring is 1. The minimum Gasteiger partial charge on any atom is -0.450 e. The molecule has 5 heteroatoms. The summed E-state index contributed by atoms with van der Waals surface area (Å²) in [6.07, 6.45) is 0. The van der Waals surface area contributed by atoms with Crippen LogP contribution in [0.15, 0.2) is 22.6 Å². The smallest absolute Gasteiger partial charge is 0.197 e. The van der Waals surface area contributed by atoms with Crippen LogP contribution < -0.4 is 5.73 Å². The summed E-state index contributed by atoms with van der Waals surface area (Å²) in [6, 6.07) is 5.43. The topological polar surface area (TPSA) is 57.0 Å². The van der Waals surface area contributed by atoms with Gasteiger partial charge in [-0.1, -0.05) is 11.6 Å². The van der Waals surface area contributed by atoms with Crippen LogP contribution in [0.2, 0.25) is 5.02 Å². The molecule has 2 aromatic heterocycles. The first-order chi connectivity index (χ1) is 7.16. The fourth-order valence-electron chi connectivity index (χ4n) is 1.68. The minimum absolute atomic E-state index is 0.525. The Morgan fingerprint density at radius 2 is 2.27 bits per heavy atom. The van der Waals surface area contributed by atoms with Crippen molar-refractivity contribution in [2.24, 2.45) is 7.05 Å². The van der Waals surface area contributed by atoms with E-state index in [1.54, 1.807) is 17.8 Å². The molecule has 1 aromatic carbocycles. The summed E-state index contributed by atoms with van der Waals surface area (Å²) in [5.74, 6) is 0.525. The maximum Gasteiger partial charge on any atom is 0.197 e. The van der Waals surface area contributed by atoms with Gasteiger partial charge < -0.3 is 10.2 Å². The third kappa shape index (κ3) is 1.05. The third-order valence-corrected chi connectivity index (χ3v) is 2.69. The molecule has 2 heterocycles. The Balaban J connectivity index is 2.56. The van der Waals surface area contributed by atoms with Crippen LogP contribution in [0, 0.1) is 0 Å². The zero-order valence-corrected chi connectivity index (χ0v) is 8.75. The Morgan fingerprint density at radius 1 is 1.47 bits per heavy atom. The standard InChI is InChI=1S/C10H8ClN3O/c1-14-10(12)9-8(13-14)6-4-5(11)2-3-7(6)15-9/h2-4H,12H2,1H3. The number of furan rings is 1. The molecule has 0 aliphatic rings. The van der Waals surface area contributed by atoms with Crippen molar-refractivity contribution < 1.29 is 4.42 Å². The molecule has 0 saturated carbocycles. The zero-order valence-electron chi connectivity index (χ0n) is 7.99. The van der Waals surface area contributed by atoms with Gasteiger partial charge in [0, 0.05) is 12.1 Å². The summed E-state index contributed by atoms with van der Waals surface area (Å²) in [7, 11) is 1.78. The Labute approximate surface area is 90.2 Å². The van der Waals surface area contributed by atoms with Gasteiger partial charge >= 0.3 is 0 Å². The SMILES string of the molecule is Cn1nc2c(oc3ccc(Cl)cc32)c1N. The van der Waals surface area contributed by atoms with Crippen molar-refractivity contribution >= 4 is 39.5 Å². The highest BCUT2D eigenvalue weighted by molar-refractivity contribution is 6.31. The molecule has 0 radical (unpaired) electrons. The maximum absolute atomic E-state index is 5.92. The molecule has 0 saturated heterocycles. The molecule has 2 N–H and O–H groups in total. The van der Waals surface area contributed by atoms with E-state index >= 15 is 0 Å². The van der Waals surface area contributed by atoms with Gasteiger partial charge in [-0.3, -0.25) is 0 Å². The molecule has 3 aromatic rings. The first-order valence-electron chi connectivity index (χ1n) is 4.47. The van der Waals surface area contributed by atoms with E-state index < -0.39 is 0 Å². The van der Waals surface area contributed by atoms with Crippen LogP contribution in [-0.2, 0) is 7.05 Å². The van der Waals surface area contributed by atoms with Crippen LogP contribution in [0.4, 0.5) is 5.82 Å². The zero-order chi connectivity index (χ0) is 10.6. The van der Waals surface area contributed by atoms with Gasteiger partial charge in [-0.2, -0.15) is 5.10 Å². The summed E-state index contributed by atoms with van der Waals surface area (Å²) in [5, 5.41) is 5.84. The molecule has 0 amide bonds. The van der Waals surface area contributed by atoms with Gasteiger partial charge in [0.05, 0.1) is 5.39 Å². The number of aromatic nitrogens is 2. The van der Waals surface area contributed by atoms with Gasteiger partial charge in [0.1, 0.15) is 11.1 Å². The Bertz CT molecular complexity index is 668. The summed E-state index contributed by atoms with van der Waals surface area (Å²) in [4.78, 5) is 0. The second-order valence-corrected chi connectivity index (χ2v) is 3.87. The molecule has 0 aliphatic carbocycles. The van der Waals surface area contributed by atoms with Crippen LogP contribution in [0.1, 0.15) is 0 Å². The molecule has 0 fully saturated rings. The van der Waals surface area contributed by atoms with E-state index in [0.29, 0.717) is 16.4 Å². The lowest BCUT2D eigenvalue weighted by Crippen LogP contribution is -1.96. The Morgan fingerprint density at radius 3 is 3.07 bits per heavy atom. The van der Waals surface area contributed by atoms with Crippen LogP contribution in [0.3, 0.4) is 0 Å². The highest BCUT2D eigenvalue weighted by atomic mass is 35.5. The minimum atomic E-state index is 0.525. The average Bonchev–Trinajstić information content (AvgIpc) is 2.67. The molecule has 0 aliphatic heterocycles. The maximum atomic E-state index is 5.92. The number of aryl methyl sites for hydroxylation is 1. The summed E-state index contributed by atoms with van der Waals surface area (Å²) >= 11 is 5.92. The van der Waals surface area contributed by atoms with Crippen molar-refractivity contribution in [1.82, 2.24) is 9.78 Å². The number of benzene rings is 1. The van der Waals surface area contributed by atoms with Crippen molar-refractivity contribution in [3.8, 4) is 0 Å². The largest absolute Gasteiger partial charge is 0.450 e. The summed E-state index contributed by atoms with van der Waals surface area (Å²) in [5.41, 5.74) is 7.94. The first-order valence-corrected chi connectivity index (χ1v) is 4.85. The number of nitrogens with two attached hydrogens (primary N) is 1. The number of hydrogen-bond donors (Lipinski definition) is 1. The second-order valence-electron chi connectivity index (χ2n) is 3.43. The molecule has 4 nitrogen and oxygen atoms in total.